The number of benzene rings is 1. The smallest absolute Gasteiger partial charge is 0.123 e. The summed E-state index contributed by atoms with van der Waals surface area (Å²) in [6.45, 7) is 2.94. The second-order valence-electron chi connectivity index (χ2n) is 5.73. The molecule has 1 fully saturated rings. The molecular weight excluding hydrogens is 309 g/mol. The summed E-state index contributed by atoms with van der Waals surface area (Å²) in [4.78, 5) is 0. The van der Waals surface area contributed by atoms with E-state index in [-0.39, 0.29) is 18.0 Å². The van der Waals surface area contributed by atoms with E-state index in [0.717, 1.165) is 29.3 Å². The zero-order chi connectivity index (χ0) is 13.9. The highest BCUT2D eigenvalue weighted by Crippen LogP contribution is 2.32. The fourth-order valence-electron chi connectivity index (χ4n) is 2.98. The molecule has 19 heavy (non-hydrogen) atoms. The highest BCUT2D eigenvalue weighted by atomic mass is 79.9. The van der Waals surface area contributed by atoms with Gasteiger partial charge < -0.3 is 10.4 Å². The van der Waals surface area contributed by atoms with Gasteiger partial charge in [0.1, 0.15) is 5.82 Å². The summed E-state index contributed by atoms with van der Waals surface area (Å²) in [5, 5.41) is 13.2. The second kappa shape index (κ2) is 6.33. The fraction of sp³-hybridized carbons (Fsp3) is 0.600. The molecule has 0 aliphatic heterocycles. The molecule has 4 heteroatoms. The largest absolute Gasteiger partial charge is 0.394 e. The van der Waals surface area contributed by atoms with Crippen molar-refractivity contribution in [2.45, 2.75) is 44.7 Å². The van der Waals surface area contributed by atoms with E-state index < -0.39 is 0 Å². The number of nitrogens with one attached hydrogen (secondary N) is 1. The Kier molecular flexibility index (Phi) is 4.98. The van der Waals surface area contributed by atoms with Gasteiger partial charge in [0.2, 0.25) is 0 Å². The fourth-order valence-corrected chi connectivity index (χ4v) is 3.37. The molecule has 0 saturated heterocycles. The van der Waals surface area contributed by atoms with Gasteiger partial charge in [0.25, 0.3) is 0 Å². The Hall–Kier alpha value is -0.450. The van der Waals surface area contributed by atoms with E-state index in [2.05, 4.69) is 28.2 Å². The summed E-state index contributed by atoms with van der Waals surface area (Å²) in [6.07, 6.45) is 4.34. The first-order chi connectivity index (χ1) is 9.04. The lowest BCUT2D eigenvalue weighted by Crippen LogP contribution is -2.51. The van der Waals surface area contributed by atoms with Crippen LogP contribution in [0.5, 0.6) is 0 Å². The van der Waals surface area contributed by atoms with Crippen LogP contribution in [0.3, 0.4) is 0 Å². The molecule has 1 aromatic carbocycles. The molecule has 2 unspecified atom stereocenters. The highest BCUT2D eigenvalue weighted by molar-refractivity contribution is 9.10. The third-order valence-corrected chi connectivity index (χ3v) is 4.83. The standard InChI is InChI=1S/C15H21BrFNO/c1-11-3-2-6-15(8-11,10-19)18-9-12-7-13(17)4-5-14(12)16/h4-5,7,11,18-19H,2-3,6,8-10H2,1H3. The molecule has 0 spiro atoms. The van der Waals surface area contributed by atoms with Crippen LogP contribution in [-0.2, 0) is 6.54 Å². The molecule has 106 valence electrons. The van der Waals surface area contributed by atoms with E-state index in [1.165, 1.54) is 18.6 Å². The van der Waals surface area contributed by atoms with Gasteiger partial charge in [-0.3, -0.25) is 0 Å². The predicted molar refractivity (Wildman–Crippen MR) is 78.4 cm³/mol. The van der Waals surface area contributed by atoms with Crippen molar-refractivity contribution in [2.24, 2.45) is 5.92 Å². The normalized spacial score (nSPS) is 27.5. The van der Waals surface area contributed by atoms with Crippen molar-refractivity contribution < 1.29 is 9.50 Å². The topological polar surface area (TPSA) is 32.3 Å². The second-order valence-corrected chi connectivity index (χ2v) is 6.58. The van der Waals surface area contributed by atoms with Crippen molar-refractivity contribution >= 4 is 15.9 Å². The predicted octanol–water partition coefficient (Wildman–Crippen LogP) is 3.62. The highest BCUT2D eigenvalue weighted by Gasteiger charge is 2.33. The Morgan fingerprint density at radius 3 is 3.00 bits per heavy atom. The van der Waals surface area contributed by atoms with Crippen molar-refractivity contribution in [3.63, 3.8) is 0 Å². The number of hydrogen-bond donors (Lipinski definition) is 2. The van der Waals surface area contributed by atoms with E-state index in [0.29, 0.717) is 12.5 Å². The molecule has 0 amide bonds. The molecule has 1 aromatic rings. The van der Waals surface area contributed by atoms with Crippen molar-refractivity contribution in [2.75, 3.05) is 6.61 Å². The molecule has 2 atom stereocenters. The van der Waals surface area contributed by atoms with Crippen LogP contribution in [-0.4, -0.2) is 17.3 Å². The zero-order valence-corrected chi connectivity index (χ0v) is 12.8. The van der Waals surface area contributed by atoms with Crippen molar-refractivity contribution in [3.05, 3.63) is 34.1 Å². The molecule has 0 bridgehead atoms. The van der Waals surface area contributed by atoms with Gasteiger partial charge in [-0.15, -0.1) is 0 Å². The van der Waals surface area contributed by atoms with Gasteiger partial charge >= 0.3 is 0 Å². The third kappa shape index (κ3) is 3.77. The van der Waals surface area contributed by atoms with Gasteiger partial charge in [-0.2, -0.15) is 0 Å². The van der Waals surface area contributed by atoms with Crippen molar-refractivity contribution in [1.82, 2.24) is 5.32 Å². The van der Waals surface area contributed by atoms with E-state index in [4.69, 9.17) is 0 Å². The molecule has 2 N–H and O–H groups in total. The maximum absolute atomic E-state index is 13.3. The van der Waals surface area contributed by atoms with Crippen LogP contribution < -0.4 is 5.32 Å². The first kappa shape index (κ1) is 14.9. The SMILES string of the molecule is CC1CCCC(CO)(NCc2cc(F)ccc2Br)C1. The van der Waals surface area contributed by atoms with Crippen LogP contribution in [0.4, 0.5) is 4.39 Å². The molecule has 2 rings (SSSR count). The number of rotatable bonds is 4. The summed E-state index contributed by atoms with van der Waals surface area (Å²) in [5.74, 6) is 0.402. The first-order valence-corrected chi connectivity index (χ1v) is 7.64. The summed E-state index contributed by atoms with van der Waals surface area (Å²) in [6, 6.07) is 4.70. The summed E-state index contributed by atoms with van der Waals surface area (Å²) < 4.78 is 14.2. The number of hydrogen-bond acceptors (Lipinski definition) is 2. The van der Waals surface area contributed by atoms with Gasteiger partial charge in [-0.1, -0.05) is 35.7 Å². The Labute approximate surface area is 122 Å². The summed E-state index contributed by atoms with van der Waals surface area (Å²) in [7, 11) is 0. The first-order valence-electron chi connectivity index (χ1n) is 6.84. The Bertz CT molecular complexity index is 440. The maximum Gasteiger partial charge on any atom is 0.123 e. The summed E-state index contributed by atoms with van der Waals surface area (Å²) in [5.41, 5.74) is 0.690. The Morgan fingerprint density at radius 2 is 2.32 bits per heavy atom. The minimum absolute atomic E-state index is 0.143. The number of halogens is 2. The minimum atomic E-state index is -0.227. The van der Waals surface area contributed by atoms with Crippen molar-refractivity contribution in [3.8, 4) is 0 Å². The van der Waals surface area contributed by atoms with Gasteiger partial charge in [0.05, 0.1) is 6.61 Å². The minimum Gasteiger partial charge on any atom is -0.394 e. The molecule has 0 aromatic heterocycles. The van der Waals surface area contributed by atoms with Gasteiger partial charge in [-0.25, -0.2) is 4.39 Å². The van der Waals surface area contributed by atoms with E-state index >= 15 is 0 Å². The van der Waals surface area contributed by atoms with Gasteiger partial charge in [0, 0.05) is 16.6 Å². The molecular formula is C15H21BrFNO. The Balaban J connectivity index is 2.05. The van der Waals surface area contributed by atoms with Crippen LogP contribution in [0.25, 0.3) is 0 Å². The molecule has 1 aliphatic carbocycles. The zero-order valence-electron chi connectivity index (χ0n) is 11.3. The molecule has 2 nitrogen and oxygen atoms in total. The lowest BCUT2D eigenvalue weighted by Gasteiger charge is -2.39. The van der Waals surface area contributed by atoms with Gasteiger partial charge in [-0.05, 0) is 42.5 Å². The average molecular weight is 330 g/mol. The maximum atomic E-state index is 13.3. The third-order valence-electron chi connectivity index (χ3n) is 4.06. The molecule has 1 aliphatic rings. The molecule has 0 radical (unpaired) electrons. The number of aliphatic hydroxyl groups is 1. The van der Waals surface area contributed by atoms with Crippen LogP contribution in [0.1, 0.15) is 38.2 Å². The van der Waals surface area contributed by atoms with Crippen LogP contribution in [0.2, 0.25) is 0 Å². The van der Waals surface area contributed by atoms with Crippen LogP contribution >= 0.6 is 15.9 Å². The van der Waals surface area contributed by atoms with E-state index in [1.54, 1.807) is 6.07 Å². The average Bonchev–Trinajstić information content (AvgIpc) is 2.40. The molecule has 1 saturated carbocycles. The van der Waals surface area contributed by atoms with E-state index in [1.807, 2.05) is 0 Å². The van der Waals surface area contributed by atoms with E-state index in [9.17, 15) is 9.50 Å². The quantitative estimate of drug-likeness (QED) is 0.884. The number of aliphatic hydroxyl groups excluding tert-OH is 1. The van der Waals surface area contributed by atoms with Crippen LogP contribution in [0, 0.1) is 11.7 Å². The van der Waals surface area contributed by atoms with Crippen LogP contribution in [0.15, 0.2) is 22.7 Å². The lowest BCUT2D eigenvalue weighted by molar-refractivity contribution is 0.0981. The molecule has 0 heterocycles. The summed E-state index contributed by atoms with van der Waals surface area (Å²) >= 11 is 3.44. The Morgan fingerprint density at radius 1 is 1.53 bits per heavy atom. The lowest BCUT2D eigenvalue weighted by atomic mass is 9.77. The monoisotopic (exact) mass is 329 g/mol. The van der Waals surface area contributed by atoms with Gasteiger partial charge in [0.15, 0.2) is 0 Å². The van der Waals surface area contributed by atoms with Crippen molar-refractivity contribution in [1.29, 1.82) is 0 Å².